The number of aryl methyl sites for hydroxylation is 1. The zero-order valence-electron chi connectivity index (χ0n) is 20.6. The lowest BCUT2D eigenvalue weighted by Gasteiger charge is -2.45. The third kappa shape index (κ3) is 4.52. The summed E-state index contributed by atoms with van der Waals surface area (Å²) in [7, 11) is 0. The van der Waals surface area contributed by atoms with Gasteiger partial charge in [0.25, 0.3) is 5.91 Å². The standard InChI is InChI=1S/C26H38N4O3S/c1-3-20-16-21-23(34-20)17-22-24(31)30(11-10-28-12-14-33-15-13-28)26(2,18-29(21)22)25(32)27-19-8-6-4-5-7-9-19/h16-17,19H,3-15,18H2,1-2H3,(H,27,32). The van der Waals surface area contributed by atoms with E-state index in [-0.39, 0.29) is 17.9 Å². The van der Waals surface area contributed by atoms with Gasteiger partial charge in [0.1, 0.15) is 11.2 Å². The summed E-state index contributed by atoms with van der Waals surface area (Å²) < 4.78 is 8.73. The van der Waals surface area contributed by atoms with Crippen molar-refractivity contribution in [2.45, 2.75) is 76.9 Å². The number of aromatic nitrogens is 1. The summed E-state index contributed by atoms with van der Waals surface area (Å²) in [6.07, 6.45) is 7.87. The van der Waals surface area contributed by atoms with E-state index >= 15 is 0 Å². The molecular weight excluding hydrogens is 448 g/mol. The van der Waals surface area contributed by atoms with Crippen molar-refractivity contribution < 1.29 is 14.3 Å². The van der Waals surface area contributed by atoms with E-state index < -0.39 is 5.54 Å². The van der Waals surface area contributed by atoms with Crippen LogP contribution >= 0.6 is 11.3 Å². The highest BCUT2D eigenvalue weighted by Crippen LogP contribution is 2.36. The summed E-state index contributed by atoms with van der Waals surface area (Å²) in [5, 5.41) is 3.37. The Balaban J connectivity index is 1.44. The minimum atomic E-state index is -0.914. The van der Waals surface area contributed by atoms with Crippen LogP contribution in [0, 0.1) is 0 Å². The maximum atomic E-state index is 13.9. The number of nitrogens with one attached hydrogen (secondary N) is 1. The minimum absolute atomic E-state index is 0.00632. The molecule has 1 saturated heterocycles. The summed E-state index contributed by atoms with van der Waals surface area (Å²) in [4.78, 5) is 33.3. The highest BCUT2D eigenvalue weighted by Gasteiger charge is 2.48. The second-order valence-electron chi connectivity index (χ2n) is 10.3. The molecule has 2 aliphatic heterocycles. The fraction of sp³-hybridized carbons (Fsp3) is 0.692. The van der Waals surface area contributed by atoms with Crippen molar-refractivity contribution in [1.29, 1.82) is 0 Å². The van der Waals surface area contributed by atoms with Crippen LogP contribution in [0.5, 0.6) is 0 Å². The van der Waals surface area contributed by atoms with Crippen LogP contribution in [0.15, 0.2) is 12.1 Å². The van der Waals surface area contributed by atoms with E-state index in [2.05, 4.69) is 27.8 Å². The largest absolute Gasteiger partial charge is 0.379 e. The van der Waals surface area contributed by atoms with Gasteiger partial charge in [0.05, 0.1) is 30.0 Å². The first-order valence-corrected chi connectivity index (χ1v) is 13.9. The molecule has 0 bridgehead atoms. The first kappa shape index (κ1) is 23.8. The van der Waals surface area contributed by atoms with Gasteiger partial charge >= 0.3 is 0 Å². The van der Waals surface area contributed by atoms with Crippen LogP contribution in [0.25, 0.3) is 10.2 Å². The Morgan fingerprint density at radius 2 is 1.88 bits per heavy atom. The van der Waals surface area contributed by atoms with Gasteiger partial charge in [0.2, 0.25) is 5.91 Å². The van der Waals surface area contributed by atoms with Crippen LogP contribution < -0.4 is 5.32 Å². The average Bonchev–Trinajstić information content (AvgIpc) is 3.28. The van der Waals surface area contributed by atoms with Crippen LogP contribution in [0.1, 0.15) is 67.7 Å². The van der Waals surface area contributed by atoms with Gasteiger partial charge in [-0.25, -0.2) is 0 Å². The smallest absolute Gasteiger partial charge is 0.271 e. The quantitative estimate of drug-likeness (QED) is 0.633. The third-order valence-electron chi connectivity index (χ3n) is 7.94. The molecule has 1 aliphatic carbocycles. The molecule has 5 rings (SSSR count). The van der Waals surface area contributed by atoms with E-state index in [0.29, 0.717) is 18.8 Å². The second-order valence-corrected chi connectivity index (χ2v) is 11.4. The molecule has 2 fully saturated rings. The molecule has 186 valence electrons. The van der Waals surface area contributed by atoms with Gasteiger partial charge in [-0.1, -0.05) is 32.6 Å². The van der Waals surface area contributed by atoms with E-state index in [4.69, 9.17) is 4.74 Å². The SMILES string of the molecule is CCc1cc2c(cc3n2CC(C)(C(=O)NC2CCCCCC2)N(CCN2CCOCC2)C3=O)s1. The van der Waals surface area contributed by atoms with Gasteiger partial charge in [-0.3, -0.25) is 14.5 Å². The molecule has 1 unspecified atom stereocenters. The molecule has 2 amide bonds. The number of ether oxygens (including phenoxy) is 1. The molecule has 0 radical (unpaired) electrons. The van der Waals surface area contributed by atoms with Crippen molar-refractivity contribution in [1.82, 2.24) is 19.7 Å². The lowest BCUT2D eigenvalue weighted by atomic mass is 9.93. The number of rotatable bonds is 6. The van der Waals surface area contributed by atoms with Crippen molar-refractivity contribution in [2.24, 2.45) is 0 Å². The van der Waals surface area contributed by atoms with E-state index in [1.54, 1.807) is 11.3 Å². The Hall–Kier alpha value is -1.90. The Morgan fingerprint density at radius 3 is 2.59 bits per heavy atom. The van der Waals surface area contributed by atoms with Gasteiger partial charge in [-0.05, 0) is 38.3 Å². The monoisotopic (exact) mass is 486 g/mol. The van der Waals surface area contributed by atoms with Crippen LogP contribution in [-0.4, -0.2) is 77.2 Å². The molecule has 2 aromatic rings. The number of hydrogen-bond donors (Lipinski definition) is 1. The fourth-order valence-electron chi connectivity index (χ4n) is 5.74. The average molecular weight is 487 g/mol. The van der Waals surface area contributed by atoms with Crippen LogP contribution in [0.4, 0.5) is 0 Å². The lowest BCUT2D eigenvalue weighted by molar-refractivity contribution is -0.133. The normalized spacial score (nSPS) is 24.9. The van der Waals surface area contributed by atoms with E-state index in [1.165, 1.54) is 30.6 Å². The summed E-state index contributed by atoms with van der Waals surface area (Å²) in [6, 6.07) is 4.44. The maximum Gasteiger partial charge on any atom is 0.271 e. The molecule has 0 spiro atoms. The van der Waals surface area contributed by atoms with E-state index in [9.17, 15) is 9.59 Å². The first-order valence-electron chi connectivity index (χ1n) is 13.0. The van der Waals surface area contributed by atoms with E-state index in [0.717, 1.165) is 62.3 Å². The Bertz CT molecular complexity index is 1030. The van der Waals surface area contributed by atoms with Gasteiger partial charge in [0.15, 0.2) is 0 Å². The zero-order valence-corrected chi connectivity index (χ0v) is 21.4. The van der Waals surface area contributed by atoms with Crippen LogP contribution in [-0.2, 0) is 22.5 Å². The van der Waals surface area contributed by atoms with Crippen LogP contribution in [0.3, 0.4) is 0 Å². The van der Waals surface area contributed by atoms with Crippen molar-refractivity contribution in [3.05, 3.63) is 22.7 Å². The van der Waals surface area contributed by atoms with Crippen LogP contribution in [0.2, 0.25) is 0 Å². The van der Waals surface area contributed by atoms with Crippen molar-refractivity contribution in [3.63, 3.8) is 0 Å². The number of fused-ring (bicyclic) bond motifs is 3. The first-order chi connectivity index (χ1) is 16.5. The number of amides is 2. The van der Waals surface area contributed by atoms with Gasteiger partial charge in [-0.15, -0.1) is 11.3 Å². The minimum Gasteiger partial charge on any atom is -0.379 e. The van der Waals surface area contributed by atoms with Gasteiger partial charge in [0, 0.05) is 37.1 Å². The number of hydrogen-bond acceptors (Lipinski definition) is 5. The molecule has 1 N–H and O–H groups in total. The lowest BCUT2D eigenvalue weighted by Crippen LogP contribution is -2.65. The summed E-state index contributed by atoms with van der Waals surface area (Å²) in [5.74, 6) is -0.0346. The van der Waals surface area contributed by atoms with Crippen molar-refractivity contribution in [2.75, 3.05) is 39.4 Å². The molecule has 1 atom stereocenters. The van der Waals surface area contributed by atoms with Crippen molar-refractivity contribution in [3.8, 4) is 0 Å². The Morgan fingerprint density at radius 1 is 1.15 bits per heavy atom. The highest BCUT2D eigenvalue weighted by molar-refractivity contribution is 7.19. The molecule has 8 heteroatoms. The topological polar surface area (TPSA) is 66.8 Å². The molecular formula is C26H38N4O3S. The number of carbonyl (C=O) groups is 2. The second kappa shape index (κ2) is 9.99. The number of morpholine rings is 1. The number of nitrogens with zero attached hydrogens (tertiary/aromatic N) is 3. The predicted octanol–water partition coefficient (Wildman–Crippen LogP) is 3.65. The summed E-state index contributed by atoms with van der Waals surface area (Å²) >= 11 is 1.76. The number of thiophene rings is 1. The summed E-state index contributed by atoms with van der Waals surface area (Å²) in [5.41, 5.74) is 0.889. The third-order valence-corrected chi connectivity index (χ3v) is 9.15. The molecule has 7 nitrogen and oxygen atoms in total. The van der Waals surface area contributed by atoms with Gasteiger partial charge in [-0.2, -0.15) is 0 Å². The maximum absolute atomic E-state index is 13.9. The summed E-state index contributed by atoms with van der Waals surface area (Å²) in [6.45, 7) is 9.14. The molecule has 1 saturated carbocycles. The predicted molar refractivity (Wildman–Crippen MR) is 136 cm³/mol. The highest BCUT2D eigenvalue weighted by atomic mass is 32.1. The zero-order chi connectivity index (χ0) is 23.7. The van der Waals surface area contributed by atoms with Crippen molar-refractivity contribution >= 4 is 33.4 Å². The van der Waals surface area contributed by atoms with E-state index in [1.807, 2.05) is 17.9 Å². The molecule has 2 aromatic heterocycles. The molecule has 0 aromatic carbocycles. The fourth-order valence-corrected chi connectivity index (χ4v) is 6.79. The molecule has 4 heterocycles. The molecule has 3 aliphatic rings. The molecule has 34 heavy (non-hydrogen) atoms. The Kier molecular flexibility index (Phi) is 7.00. The number of carbonyl (C=O) groups excluding carboxylic acids is 2. The Labute approximate surface area is 206 Å². The van der Waals surface area contributed by atoms with Gasteiger partial charge < -0.3 is 19.5 Å².